The smallest absolute Gasteiger partial charge is 0.238 e. The standard InChI is InChI=1S/C23H28N2O3/c26-23(24-20-7-8-21-22(16-20)28-14-4-13-27-21)17-25-11-9-19(10-12-25)15-18-5-2-1-3-6-18/h1-3,5-8,16,19H,4,9-15,17H2,(H,24,26). The van der Waals surface area contributed by atoms with Crippen LogP contribution in [0.5, 0.6) is 11.5 Å². The van der Waals surface area contributed by atoms with E-state index in [1.165, 1.54) is 5.56 Å². The predicted octanol–water partition coefficient (Wildman–Crippen LogP) is 3.74. The van der Waals surface area contributed by atoms with Crippen molar-refractivity contribution < 1.29 is 14.3 Å². The van der Waals surface area contributed by atoms with Gasteiger partial charge in [-0.25, -0.2) is 0 Å². The second kappa shape index (κ2) is 9.11. The summed E-state index contributed by atoms with van der Waals surface area (Å²) >= 11 is 0. The molecule has 2 aliphatic heterocycles. The highest BCUT2D eigenvalue weighted by Crippen LogP contribution is 2.32. The summed E-state index contributed by atoms with van der Waals surface area (Å²) in [6.07, 6.45) is 4.30. The molecule has 0 radical (unpaired) electrons. The third kappa shape index (κ3) is 5.04. The molecule has 5 nitrogen and oxygen atoms in total. The molecular weight excluding hydrogens is 352 g/mol. The van der Waals surface area contributed by atoms with Crippen molar-refractivity contribution in [3.63, 3.8) is 0 Å². The predicted molar refractivity (Wildman–Crippen MR) is 110 cm³/mol. The van der Waals surface area contributed by atoms with Crippen LogP contribution in [-0.4, -0.2) is 43.7 Å². The Morgan fingerprint density at radius 3 is 2.54 bits per heavy atom. The lowest BCUT2D eigenvalue weighted by atomic mass is 9.90. The van der Waals surface area contributed by atoms with Crippen LogP contribution in [0.1, 0.15) is 24.8 Å². The Morgan fingerprint density at radius 1 is 1.00 bits per heavy atom. The lowest BCUT2D eigenvalue weighted by molar-refractivity contribution is -0.117. The van der Waals surface area contributed by atoms with E-state index in [9.17, 15) is 4.79 Å². The van der Waals surface area contributed by atoms with Gasteiger partial charge in [0, 0.05) is 18.2 Å². The molecule has 0 bridgehead atoms. The van der Waals surface area contributed by atoms with Gasteiger partial charge in [0.2, 0.25) is 5.91 Å². The van der Waals surface area contributed by atoms with Crippen molar-refractivity contribution in [3.05, 3.63) is 54.1 Å². The number of rotatable bonds is 5. The van der Waals surface area contributed by atoms with E-state index < -0.39 is 0 Å². The van der Waals surface area contributed by atoms with E-state index in [4.69, 9.17) is 9.47 Å². The Balaban J connectivity index is 1.24. The van der Waals surface area contributed by atoms with Crippen LogP contribution >= 0.6 is 0 Å². The molecule has 1 fully saturated rings. The van der Waals surface area contributed by atoms with E-state index in [1.807, 2.05) is 18.2 Å². The average Bonchev–Trinajstić information content (AvgIpc) is 2.95. The van der Waals surface area contributed by atoms with Gasteiger partial charge < -0.3 is 14.8 Å². The zero-order valence-electron chi connectivity index (χ0n) is 16.2. The van der Waals surface area contributed by atoms with Crippen molar-refractivity contribution in [2.24, 2.45) is 5.92 Å². The second-order valence-corrected chi connectivity index (χ2v) is 7.67. The number of fused-ring (bicyclic) bond motifs is 1. The number of carbonyl (C=O) groups is 1. The molecule has 2 heterocycles. The van der Waals surface area contributed by atoms with Gasteiger partial charge in [0.1, 0.15) is 0 Å². The zero-order chi connectivity index (χ0) is 19.2. The highest BCUT2D eigenvalue weighted by atomic mass is 16.5. The maximum Gasteiger partial charge on any atom is 0.238 e. The number of ether oxygens (including phenoxy) is 2. The average molecular weight is 380 g/mol. The first kappa shape index (κ1) is 18.8. The number of hydrogen-bond donors (Lipinski definition) is 1. The molecule has 0 spiro atoms. The van der Waals surface area contributed by atoms with Crippen LogP contribution in [0.2, 0.25) is 0 Å². The molecule has 4 rings (SSSR count). The molecule has 0 unspecified atom stereocenters. The summed E-state index contributed by atoms with van der Waals surface area (Å²) in [7, 11) is 0. The Labute approximate surface area is 166 Å². The molecule has 28 heavy (non-hydrogen) atoms. The van der Waals surface area contributed by atoms with Crippen LogP contribution in [-0.2, 0) is 11.2 Å². The summed E-state index contributed by atoms with van der Waals surface area (Å²) in [6, 6.07) is 16.3. The van der Waals surface area contributed by atoms with Crippen molar-refractivity contribution >= 4 is 11.6 Å². The summed E-state index contributed by atoms with van der Waals surface area (Å²) in [5.74, 6) is 2.19. The minimum Gasteiger partial charge on any atom is -0.490 e. The van der Waals surface area contributed by atoms with Gasteiger partial charge in [-0.15, -0.1) is 0 Å². The van der Waals surface area contributed by atoms with E-state index in [-0.39, 0.29) is 5.91 Å². The van der Waals surface area contributed by atoms with Crippen LogP contribution in [0.3, 0.4) is 0 Å². The minimum atomic E-state index is 0.0241. The van der Waals surface area contributed by atoms with Gasteiger partial charge in [-0.05, 0) is 56.0 Å². The maximum atomic E-state index is 12.5. The first-order valence-electron chi connectivity index (χ1n) is 10.2. The molecule has 0 saturated carbocycles. The Bertz CT molecular complexity index is 786. The van der Waals surface area contributed by atoms with Crippen molar-refractivity contribution in [2.75, 3.05) is 38.2 Å². The highest BCUT2D eigenvalue weighted by Gasteiger charge is 2.21. The van der Waals surface area contributed by atoms with Crippen LogP contribution in [0.15, 0.2) is 48.5 Å². The second-order valence-electron chi connectivity index (χ2n) is 7.67. The lowest BCUT2D eigenvalue weighted by Crippen LogP contribution is -2.39. The van der Waals surface area contributed by atoms with Gasteiger partial charge in [0.15, 0.2) is 11.5 Å². The molecule has 1 saturated heterocycles. The van der Waals surface area contributed by atoms with E-state index in [2.05, 4.69) is 40.5 Å². The molecule has 5 heteroatoms. The third-order valence-electron chi connectivity index (χ3n) is 5.47. The van der Waals surface area contributed by atoms with Crippen LogP contribution < -0.4 is 14.8 Å². The molecule has 2 aliphatic rings. The number of anilines is 1. The summed E-state index contributed by atoms with van der Waals surface area (Å²) in [5, 5.41) is 2.99. The molecular formula is C23H28N2O3. The topological polar surface area (TPSA) is 50.8 Å². The zero-order valence-corrected chi connectivity index (χ0v) is 16.2. The number of benzene rings is 2. The number of hydrogen-bond acceptors (Lipinski definition) is 4. The fourth-order valence-corrected chi connectivity index (χ4v) is 3.94. The number of nitrogens with one attached hydrogen (secondary N) is 1. The van der Waals surface area contributed by atoms with Gasteiger partial charge in [-0.3, -0.25) is 9.69 Å². The first-order valence-corrected chi connectivity index (χ1v) is 10.2. The highest BCUT2D eigenvalue weighted by molar-refractivity contribution is 5.92. The number of piperidine rings is 1. The minimum absolute atomic E-state index is 0.0241. The van der Waals surface area contributed by atoms with Gasteiger partial charge in [-0.1, -0.05) is 30.3 Å². The molecule has 1 amide bonds. The van der Waals surface area contributed by atoms with Crippen molar-refractivity contribution in [1.82, 2.24) is 4.90 Å². The van der Waals surface area contributed by atoms with E-state index >= 15 is 0 Å². The normalized spacial score (nSPS) is 17.7. The van der Waals surface area contributed by atoms with Crippen LogP contribution in [0.25, 0.3) is 0 Å². The number of nitrogens with zero attached hydrogens (tertiary/aromatic N) is 1. The summed E-state index contributed by atoms with van der Waals surface area (Å²) in [5.41, 5.74) is 2.17. The quantitative estimate of drug-likeness (QED) is 0.859. The number of likely N-dealkylation sites (tertiary alicyclic amines) is 1. The first-order chi connectivity index (χ1) is 13.8. The monoisotopic (exact) mass is 380 g/mol. The van der Waals surface area contributed by atoms with Gasteiger partial charge in [0.25, 0.3) is 0 Å². The Hall–Kier alpha value is -2.53. The third-order valence-corrected chi connectivity index (χ3v) is 5.47. The fourth-order valence-electron chi connectivity index (χ4n) is 3.94. The molecule has 0 aliphatic carbocycles. The van der Waals surface area contributed by atoms with Gasteiger partial charge in [0.05, 0.1) is 19.8 Å². The molecule has 148 valence electrons. The molecule has 0 aromatic heterocycles. The van der Waals surface area contributed by atoms with E-state index in [0.717, 1.165) is 50.2 Å². The molecule has 1 N–H and O–H groups in total. The molecule has 0 atom stereocenters. The summed E-state index contributed by atoms with van der Waals surface area (Å²) < 4.78 is 11.3. The largest absolute Gasteiger partial charge is 0.490 e. The Kier molecular flexibility index (Phi) is 6.12. The Morgan fingerprint density at radius 2 is 1.75 bits per heavy atom. The van der Waals surface area contributed by atoms with Crippen molar-refractivity contribution in [2.45, 2.75) is 25.7 Å². The summed E-state index contributed by atoms with van der Waals surface area (Å²) in [4.78, 5) is 14.7. The van der Waals surface area contributed by atoms with Gasteiger partial charge >= 0.3 is 0 Å². The maximum absolute atomic E-state index is 12.5. The number of carbonyl (C=O) groups excluding carboxylic acids is 1. The molecule has 2 aromatic rings. The van der Waals surface area contributed by atoms with Crippen LogP contribution in [0, 0.1) is 5.92 Å². The van der Waals surface area contributed by atoms with Gasteiger partial charge in [-0.2, -0.15) is 0 Å². The SMILES string of the molecule is O=C(CN1CCC(Cc2ccccc2)CC1)Nc1ccc2c(c1)OCCCO2. The lowest BCUT2D eigenvalue weighted by Gasteiger charge is -2.31. The molecule has 2 aromatic carbocycles. The van der Waals surface area contributed by atoms with Crippen molar-refractivity contribution in [3.8, 4) is 11.5 Å². The fraction of sp³-hybridized carbons (Fsp3) is 0.435. The van der Waals surface area contributed by atoms with E-state index in [0.29, 0.717) is 31.4 Å². The van der Waals surface area contributed by atoms with Crippen molar-refractivity contribution in [1.29, 1.82) is 0 Å². The summed E-state index contributed by atoms with van der Waals surface area (Å²) in [6.45, 7) is 3.70. The van der Waals surface area contributed by atoms with E-state index in [1.54, 1.807) is 0 Å². The number of amides is 1. The van der Waals surface area contributed by atoms with Crippen LogP contribution in [0.4, 0.5) is 5.69 Å².